The minimum absolute atomic E-state index is 0.0187. The Balaban J connectivity index is 0.884. The fraction of sp³-hybridized carbons (Fsp3) is 0.327. The summed E-state index contributed by atoms with van der Waals surface area (Å²) in [6, 6.07) is 39.5. The van der Waals surface area contributed by atoms with Crippen molar-refractivity contribution in [2.45, 2.75) is 82.6 Å². The fourth-order valence-corrected chi connectivity index (χ4v) is 8.53. The molecule has 0 radical (unpaired) electrons. The summed E-state index contributed by atoms with van der Waals surface area (Å²) in [7, 11) is 0. The molecule has 0 spiro atoms. The zero-order valence-corrected chi connectivity index (χ0v) is 34.3. The lowest BCUT2D eigenvalue weighted by Gasteiger charge is -2.40. The van der Waals surface area contributed by atoms with Crippen LogP contribution < -0.4 is 22.1 Å². The predicted octanol–water partition coefficient (Wildman–Crippen LogP) is 7.77. The van der Waals surface area contributed by atoms with E-state index in [2.05, 4.69) is 44.8 Å². The minimum atomic E-state index is -0.603. The molecule has 316 valence electrons. The molecule has 0 bridgehead atoms. The van der Waals surface area contributed by atoms with Crippen LogP contribution in [-0.4, -0.2) is 57.1 Å². The van der Waals surface area contributed by atoms with Gasteiger partial charge in [-0.05, 0) is 89.9 Å². The van der Waals surface area contributed by atoms with Gasteiger partial charge in [0, 0.05) is 57.0 Å². The molecule has 6 N–H and O–H groups in total. The van der Waals surface area contributed by atoms with Crippen molar-refractivity contribution in [3.63, 3.8) is 0 Å². The number of rotatable bonds is 15. The van der Waals surface area contributed by atoms with Gasteiger partial charge in [-0.2, -0.15) is 0 Å². The largest absolute Gasteiger partial charge is 0.397 e. The van der Waals surface area contributed by atoms with Gasteiger partial charge in [0.25, 0.3) is 0 Å². The number of nitrogens with two attached hydrogens (primary N) is 1. The number of nitrogens with one attached hydrogen (secondary N) is 3. The number of anilines is 2. The standard InChI is InChI=1S/C49H54N6O6/c50-41-13-1-2-14-42(41)52-47(58)18-6-5-17-46(57)51-30-34-9-7-10-36(27-34)37-11-8-12-38(28-37)48-60-40(29-45(61-48)35-21-19-33(32-56)20-22-35)31-54-25-23-39(24-26-54)55-44-16-4-3-15-43(44)53-49(55)59/h1-4,7-16,19-22,27-28,39-40,45,48,56H,5-6,17-18,23-26,29-32,50H2,(H,51,57)(H,52,58)(H,53,59)/t40-,45+,48+/m1/s1. The number of hydrogen-bond donors (Lipinski definition) is 5. The summed E-state index contributed by atoms with van der Waals surface area (Å²) >= 11 is 0. The van der Waals surface area contributed by atoms with Gasteiger partial charge in [-0.15, -0.1) is 0 Å². The molecular weight excluding hydrogens is 769 g/mol. The number of imidazole rings is 1. The number of aromatic amines is 1. The highest BCUT2D eigenvalue weighted by Crippen LogP contribution is 2.39. The summed E-state index contributed by atoms with van der Waals surface area (Å²) in [5, 5.41) is 15.5. The fourth-order valence-electron chi connectivity index (χ4n) is 8.53. The first-order chi connectivity index (χ1) is 29.8. The number of nitrogens with zero attached hydrogens (tertiary/aromatic N) is 2. The Morgan fingerprint density at radius 1 is 0.770 bits per heavy atom. The maximum Gasteiger partial charge on any atom is 0.326 e. The van der Waals surface area contributed by atoms with Gasteiger partial charge in [0.15, 0.2) is 6.29 Å². The number of hydrogen-bond acceptors (Lipinski definition) is 8. The van der Waals surface area contributed by atoms with Gasteiger partial charge in [-0.1, -0.05) is 84.9 Å². The number of para-hydroxylation sites is 4. The molecule has 0 unspecified atom stereocenters. The molecule has 1 aromatic heterocycles. The van der Waals surface area contributed by atoms with E-state index in [1.54, 1.807) is 12.1 Å². The number of piperidine rings is 1. The van der Waals surface area contributed by atoms with Gasteiger partial charge in [0.2, 0.25) is 11.8 Å². The number of aliphatic hydroxyl groups is 1. The molecule has 2 fully saturated rings. The molecule has 12 heteroatoms. The van der Waals surface area contributed by atoms with Gasteiger partial charge in [0.05, 0.1) is 41.2 Å². The average molecular weight is 823 g/mol. The molecule has 8 rings (SSSR count). The van der Waals surface area contributed by atoms with Gasteiger partial charge in [-0.25, -0.2) is 4.79 Å². The Morgan fingerprint density at radius 3 is 2.28 bits per heavy atom. The Labute approximate surface area is 355 Å². The number of fused-ring (bicyclic) bond motifs is 1. The number of amides is 2. The number of carbonyl (C=O) groups is 2. The van der Waals surface area contributed by atoms with Crippen LogP contribution in [0, 0.1) is 0 Å². The van der Waals surface area contributed by atoms with E-state index in [9.17, 15) is 19.5 Å². The molecule has 5 aromatic carbocycles. The zero-order chi connectivity index (χ0) is 42.1. The van der Waals surface area contributed by atoms with Gasteiger partial charge in [-0.3, -0.25) is 14.2 Å². The lowest BCUT2D eigenvalue weighted by atomic mass is 9.97. The number of benzene rings is 5. The molecule has 3 atom stereocenters. The Bertz CT molecular complexity index is 2490. The van der Waals surface area contributed by atoms with Gasteiger partial charge in [0.1, 0.15) is 0 Å². The predicted molar refractivity (Wildman–Crippen MR) is 237 cm³/mol. The van der Waals surface area contributed by atoms with Crippen LogP contribution >= 0.6 is 0 Å². The average Bonchev–Trinajstić information content (AvgIpc) is 3.63. The molecular formula is C49H54N6O6. The van der Waals surface area contributed by atoms with Crippen LogP contribution in [0.1, 0.15) is 85.6 Å². The van der Waals surface area contributed by atoms with Crippen molar-refractivity contribution in [1.29, 1.82) is 0 Å². The molecule has 3 heterocycles. The van der Waals surface area contributed by atoms with Crippen LogP contribution in [0.2, 0.25) is 0 Å². The number of ether oxygens (including phenoxy) is 2. The first kappa shape index (κ1) is 41.7. The van der Waals surface area contributed by atoms with E-state index < -0.39 is 6.29 Å². The van der Waals surface area contributed by atoms with Gasteiger partial charge < -0.3 is 40.8 Å². The second-order valence-electron chi connectivity index (χ2n) is 16.1. The molecule has 61 heavy (non-hydrogen) atoms. The quantitative estimate of drug-likeness (QED) is 0.0518. The number of likely N-dealkylation sites (tertiary alicyclic amines) is 1. The van der Waals surface area contributed by atoms with Crippen molar-refractivity contribution in [3.05, 3.63) is 154 Å². The summed E-state index contributed by atoms with van der Waals surface area (Å²) in [4.78, 5) is 43.4. The molecule has 0 aliphatic carbocycles. The maximum atomic E-state index is 12.9. The molecule has 6 aromatic rings. The van der Waals surface area contributed by atoms with Crippen molar-refractivity contribution in [2.75, 3.05) is 30.7 Å². The number of H-pyrrole nitrogens is 1. The van der Waals surface area contributed by atoms with Gasteiger partial charge >= 0.3 is 5.69 Å². The molecule has 12 nitrogen and oxygen atoms in total. The van der Waals surface area contributed by atoms with E-state index in [0.717, 1.165) is 76.9 Å². The Kier molecular flexibility index (Phi) is 13.4. The Hall–Kier alpha value is -6.05. The van der Waals surface area contributed by atoms with Crippen LogP contribution in [0.25, 0.3) is 22.2 Å². The second kappa shape index (κ2) is 19.6. The number of carbonyl (C=O) groups excluding carboxylic acids is 2. The highest BCUT2D eigenvalue weighted by atomic mass is 16.7. The molecule has 2 saturated heterocycles. The number of aromatic nitrogens is 2. The molecule has 2 aliphatic rings. The Morgan fingerprint density at radius 2 is 1.49 bits per heavy atom. The number of unbranched alkanes of at least 4 members (excludes halogenated alkanes) is 1. The topological polar surface area (TPSA) is 164 Å². The van der Waals surface area contributed by atoms with Crippen LogP contribution in [0.5, 0.6) is 0 Å². The normalized spacial score (nSPS) is 18.5. The lowest BCUT2D eigenvalue weighted by molar-refractivity contribution is -0.253. The zero-order valence-electron chi connectivity index (χ0n) is 34.3. The van der Waals surface area contributed by atoms with Crippen LogP contribution in [0.3, 0.4) is 0 Å². The van der Waals surface area contributed by atoms with Crippen molar-refractivity contribution in [2.24, 2.45) is 0 Å². The maximum absolute atomic E-state index is 12.9. The summed E-state index contributed by atoms with van der Waals surface area (Å²) in [6.07, 6.45) is 3.36. The van der Waals surface area contributed by atoms with E-state index in [4.69, 9.17) is 15.2 Å². The summed E-state index contributed by atoms with van der Waals surface area (Å²) < 4.78 is 15.4. The van der Waals surface area contributed by atoms with E-state index >= 15 is 0 Å². The van der Waals surface area contributed by atoms with Crippen molar-refractivity contribution in [3.8, 4) is 11.1 Å². The monoisotopic (exact) mass is 822 g/mol. The summed E-state index contributed by atoms with van der Waals surface area (Å²) in [5.74, 6) is -0.181. The van der Waals surface area contributed by atoms with E-state index in [1.807, 2.05) is 89.5 Å². The third kappa shape index (κ3) is 10.5. The summed E-state index contributed by atoms with van der Waals surface area (Å²) in [5.41, 5.74) is 14.6. The number of nitrogen functional groups attached to an aromatic ring is 1. The smallest absolute Gasteiger partial charge is 0.326 e. The van der Waals surface area contributed by atoms with E-state index in [1.165, 1.54) is 0 Å². The van der Waals surface area contributed by atoms with Crippen LogP contribution in [-0.2, 0) is 32.2 Å². The highest BCUT2D eigenvalue weighted by Gasteiger charge is 2.34. The van der Waals surface area contributed by atoms with E-state index in [-0.39, 0.29) is 42.4 Å². The molecule has 0 saturated carbocycles. The first-order valence-corrected chi connectivity index (χ1v) is 21.3. The number of aliphatic hydroxyl groups excluding tert-OH is 1. The third-order valence-corrected chi connectivity index (χ3v) is 11.8. The van der Waals surface area contributed by atoms with Crippen LogP contribution in [0.15, 0.2) is 126 Å². The third-order valence-electron chi connectivity index (χ3n) is 11.8. The molecule has 2 amide bonds. The highest BCUT2D eigenvalue weighted by molar-refractivity contribution is 5.93. The first-order valence-electron chi connectivity index (χ1n) is 21.3. The minimum Gasteiger partial charge on any atom is -0.397 e. The lowest BCUT2D eigenvalue weighted by Crippen LogP contribution is -2.43. The summed E-state index contributed by atoms with van der Waals surface area (Å²) in [6.45, 7) is 2.83. The van der Waals surface area contributed by atoms with Crippen molar-refractivity contribution in [1.82, 2.24) is 19.8 Å². The van der Waals surface area contributed by atoms with Crippen molar-refractivity contribution < 1.29 is 24.2 Å². The SMILES string of the molecule is Nc1ccccc1NC(=O)CCCCC(=O)NCc1cccc(-c2cccc([C@H]3O[C@@H](CN4CCC(n5c(=O)[nH]c6ccccc65)CC4)C[C@@H](c4ccc(CO)cc4)O3)c2)c1. The van der Waals surface area contributed by atoms with E-state index in [0.29, 0.717) is 50.0 Å². The van der Waals surface area contributed by atoms with Crippen molar-refractivity contribution >= 4 is 34.2 Å². The molecule has 2 aliphatic heterocycles. The van der Waals surface area contributed by atoms with Crippen LogP contribution in [0.4, 0.5) is 11.4 Å². The second-order valence-corrected chi connectivity index (χ2v) is 16.1.